The predicted molar refractivity (Wildman–Crippen MR) is 514 cm³/mol. The van der Waals surface area contributed by atoms with Crippen LogP contribution in [0.3, 0.4) is 0 Å². The minimum atomic E-state index is 0.00858. The second-order valence-electron chi connectivity index (χ2n) is 40.5. The maximum Gasteiger partial charge on any atom is 0.213 e. The molecule has 13 aromatic rings. The largest absolute Gasteiger partial charge is 0.456 e. The van der Waals surface area contributed by atoms with E-state index in [0.29, 0.717) is 23.7 Å². The van der Waals surface area contributed by atoms with Crippen molar-refractivity contribution in [1.82, 2.24) is 0 Å². The average Bonchev–Trinajstić information content (AvgIpc) is 1.55. The SMILES string of the molecule is Cc1ccccc1-c1cc(-c2ccc3c(c2)C(C)(C)c2cc(C4CCCCC4)ccc2-3)c(C2CCCCC2)c[n+]1C.Cc1ccccc1-c1cc(-c2ccc3c(c2)C2(CCCC2)c2cc(C4CCCCC4)ccc2-3)c(C2CCCCC2)c[n+]1C.Cc1ccccc1-c1cc(-c2ccc3c(c2)oc2cc(C4CCCCC4)ccc23)c(C2CCCCC2)c[n+]1C. The van der Waals surface area contributed by atoms with E-state index in [1.165, 1.54) is 363 Å². The van der Waals surface area contributed by atoms with Gasteiger partial charge in [0.1, 0.15) is 32.3 Å². The molecule has 7 saturated carbocycles. The van der Waals surface area contributed by atoms with Gasteiger partial charge < -0.3 is 4.42 Å². The quantitative estimate of drug-likeness (QED) is 0.112. The van der Waals surface area contributed by atoms with Crippen LogP contribution in [0.4, 0.5) is 0 Å². The molecule has 4 nitrogen and oxygen atoms in total. The summed E-state index contributed by atoms with van der Waals surface area (Å²) in [6, 6.07) is 78.1. The Morgan fingerprint density at radius 3 is 0.951 bits per heavy atom. The zero-order valence-corrected chi connectivity index (χ0v) is 75.5. The van der Waals surface area contributed by atoms with E-state index in [4.69, 9.17) is 4.42 Å². The minimum absolute atomic E-state index is 0.00858. The standard InChI is InChI=1S/C42H48N.C40H46N.C37H40NO/c1-29-13-9-10-18-34(29)41-27-37(38(28-43(41)2)31-16-7-4-8-17-31)33-20-22-36-35-21-19-32(30-14-5-3-6-15-30)25-39(35)42(40(36)26-33)23-11-12-24-42;1-27-13-11-12-18-32(27)39-25-35(36(26-41(39)4)29-16-9-6-10-17-29)31-20-22-34-33-21-19-30(28-14-7-5-8-15-28)23-37(33)40(2,3)38(34)24-31;1-25-11-9-10-16-30(25)35-23-33(34(24-38(35)2)27-14-7-4-8-15-27)29-18-20-32-31-19-17-28(26-12-5-3-6-13-26)21-36(31)39-37(32)22-29/h9-10,13,18-22,25-28,30-31H,3-8,11-12,14-17,23-24H2,1-2H3;11-13,18-26,28-29H,5-10,14-17H2,1-4H3;9-11,16-24,26-27H,3-8,12-15H2,1-2H3/q3*+1. The average molecular weight is 1620 g/mol. The van der Waals surface area contributed by atoms with Gasteiger partial charge in [-0.2, -0.15) is 0 Å². The summed E-state index contributed by atoms with van der Waals surface area (Å²) in [5.74, 6) is 4.12. The molecule has 123 heavy (non-hydrogen) atoms. The number of nitrogens with zero attached hydrogens (tertiary/aromatic N) is 3. The summed E-state index contributed by atoms with van der Waals surface area (Å²) in [5, 5.41) is 2.47. The maximum atomic E-state index is 6.58. The first kappa shape index (κ1) is 81.6. The lowest BCUT2D eigenvalue weighted by Gasteiger charge is -2.29. The van der Waals surface area contributed by atoms with Crippen molar-refractivity contribution in [2.75, 3.05) is 0 Å². The fraction of sp³-hybridized carbons (Fsp3) is 0.420. The Kier molecular flexibility index (Phi) is 23.2. The molecule has 9 aliphatic rings. The van der Waals surface area contributed by atoms with Crippen LogP contribution >= 0.6 is 0 Å². The summed E-state index contributed by atoms with van der Waals surface area (Å²) in [7, 11) is 6.71. The molecule has 0 amide bonds. The van der Waals surface area contributed by atoms with E-state index < -0.39 is 0 Å². The Bertz CT molecular complexity index is 6070. The van der Waals surface area contributed by atoms with E-state index in [9.17, 15) is 0 Å². The number of aryl methyl sites for hydroxylation is 6. The first-order chi connectivity index (χ1) is 60.2. The van der Waals surface area contributed by atoms with Crippen molar-refractivity contribution < 1.29 is 18.1 Å². The second-order valence-corrected chi connectivity index (χ2v) is 40.5. The molecular formula is C119H134N3O+3. The van der Waals surface area contributed by atoms with Crippen LogP contribution < -0.4 is 13.7 Å². The number of hydrogen-bond acceptors (Lipinski definition) is 1. The first-order valence-corrected chi connectivity index (χ1v) is 49.0. The van der Waals surface area contributed by atoms with E-state index in [-0.39, 0.29) is 10.8 Å². The molecule has 0 N–H and O–H groups in total. The third-order valence-corrected chi connectivity index (χ3v) is 32.5. The van der Waals surface area contributed by atoms with Crippen LogP contribution in [0, 0.1) is 20.8 Å². The number of aromatic nitrogens is 3. The molecule has 7 fully saturated rings. The Morgan fingerprint density at radius 1 is 0.260 bits per heavy atom. The highest BCUT2D eigenvalue weighted by Crippen LogP contribution is 2.60. The van der Waals surface area contributed by atoms with Crippen LogP contribution in [0.5, 0.6) is 0 Å². The summed E-state index contributed by atoms with van der Waals surface area (Å²) in [6.07, 6.45) is 53.4. The predicted octanol–water partition coefficient (Wildman–Crippen LogP) is 31.8. The zero-order valence-electron chi connectivity index (χ0n) is 75.5. The fourth-order valence-corrected chi connectivity index (χ4v) is 25.5. The second kappa shape index (κ2) is 35.0. The van der Waals surface area contributed by atoms with Crippen LogP contribution in [0.25, 0.3) is 111 Å². The Balaban J connectivity index is 0.000000117. The molecule has 22 rings (SSSR count). The van der Waals surface area contributed by atoms with Crippen LogP contribution in [-0.2, 0) is 32.0 Å². The Morgan fingerprint density at radius 2 is 0.553 bits per heavy atom. The molecular weight excluding hydrogens is 1490 g/mol. The van der Waals surface area contributed by atoms with Crippen molar-refractivity contribution in [2.24, 2.45) is 21.1 Å². The molecule has 4 heterocycles. The number of rotatable bonds is 12. The molecule has 0 saturated heterocycles. The van der Waals surface area contributed by atoms with Crippen molar-refractivity contribution in [3.8, 4) is 89.4 Å². The molecule has 0 unspecified atom stereocenters. The van der Waals surface area contributed by atoms with Gasteiger partial charge in [-0.25, -0.2) is 13.7 Å². The van der Waals surface area contributed by atoms with E-state index in [1.807, 2.05) is 0 Å². The third-order valence-electron chi connectivity index (χ3n) is 32.5. The van der Waals surface area contributed by atoms with E-state index >= 15 is 0 Å². The van der Waals surface area contributed by atoms with Crippen LogP contribution in [-0.4, -0.2) is 0 Å². The normalized spacial score (nSPS) is 18.7. The van der Waals surface area contributed by atoms with Gasteiger partial charge in [0.2, 0.25) is 17.1 Å². The van der Waals surface area contributed by atoms with Crippen molar-refractivity contribution in [3.63, 3.8) is 0 Å². The number of furan rings is 1. The smallest absolute Gasteiger partial charge is 0.213 e. The van der Waals surface area contributed by atoms with Gasteiger partial charge in [0.25, 0.3) is 0 Å². The van der Waals surface area contributed by atoms with E-state index in [1.54, 1.807) is 27.8 Å². The third kappa shape index (κ3) is 15.8. The van der Waals surface area contributed by atoms with Crippen molar-refractivity contribution in [3.05, 3.63) is 291 Å². The lowest BCUT2D eigenvalue weighted by atomic mass is 9.74. The van der Waals surface area contributed by atoms with Crippen LogP contribution in [0.2, 0.25) is 0 Å². The molecule has 9 aromatic carbocycles. The molecule has 0 aliphatic heterocycles. The lowest BCUT2D eigenvalue weighted by Crippen LogP contribution is -2.32. The van der Waals surface area contributed by atoms with Crippen molar-refractivity contribution in [1.29, 1.82) is 0 Å². The molecule has 9 aliphatic carbocycles. The summed E-state index contributed by atoms with van der Waals surface area (Å²) >= 11 is 0. The molecule has 0 bridgehead atoms. The van der Waals surface area contributed by atoms with Gasteiger partial charge in [-0.3, -0.25) is 0 Å². The van der Waals surface area contributed by atoms with E-state index in [2.05, 4.69) is 288 Å². The van der Waals surface area contributed by atoms with Gasteiger partial charge in [-0.05, 0) is 306 Å². The summed E-state index contributed by atoms with van der Waals surface area (Å²) in [5.41, 5.74) is 43.9. The summed E-state index contributed by atoms with van der Waals surface area (Å²) in [6.45, 7) is 11.6. The topological polar surface area (TPSA) is 24.8 Å². The molecule has 628 valence electrons. The van der Waals surface area contributed by atoms with Gasteiger partial charge in [-0.15, -0.1) is 0 Å². The van der Waals surface area contributed by atoms with Gasteiger partial charge in [0.05, 0.1) is 0 Å². The minimum Gasteiger partial charge on any atom is -0.456 e. The highest BCUT2D eigenvalue weighted by Gasteiger charge is 2.46. The van der Waals surface area contributed by atoms with Gasteiger partial charge in [0, 0.05) is 73.2 Å². The summed E-state index contributed by atoms with van der Waals surface area (Å²) < 4.78 is 13.7. The van der Waals surface area contributed by atoms with Crippen molar-refractivity contribution >= 4 is 21.9 Å². The molecule has 1 spiro atoms. The van der Waals surface area contributed by atoms with Gasteiger partial charge in [0.15, 0.2) is 18.6 Å². The molecule has 4 heteroatoms. The molecule has 0 atom stereocenters. The molecule has 4 aromatic heterocycles. The number of pyridine rings is 3. The maximum absolute atomic E-state index is 6.58. The fourth-order valence-electron chi connectivity index (χ4n) is 25.5. The van der Waals surface area contributed by atoms with Crippen LogP contribution in [0.15, 0.2) is 223 Å². The lowest BCUT2D eigenvalue weighted by molar-refractivity contribution is -0.660. The molecule has 0 radical (unpaired) electrons. The Hall–Kier alpha value is -9.77. The summed E-state index contributed by atoms with van der Waals surface area (Å²) in [4.78, 5) is 0. The highest BCUT2D eigenvalue weighted by molar-refractivity contribution is 6.06. The van der Waals surface area contributed by atoms with Gasteiger partial charge in [-0.1, -0.05) is 276 Å². The highest BCUT2D eigenvalue weighted by atomic mass is 16.3. The van der Waals surface area contributed by atoms with Crippen molar-refractivity contribution in [2.45, 2.75) is 299 Å². The zero-order chi connectivity index (χ0) is 83.5. The van der Waals surface area contributed by atoms with Crippen LogP contribution in [0.1, 0.15) is 340 Å². The van der Waals surface area contributed by atoms with E-state index in [0.717, 1.165) is 23.0 Å². The van der Waals surface area contributed by atoms with Gasteiger partial charge >= 0.3 is 0 Å². The number of hydrogen-bond donors (Lipinski definition) is 0. The Labute approximate surface area is 736 Å². The number of benzene rings is 9. The number of fused-ring (bicyclic) bond motifs is 11. The first-order valence-electron chi connectivity index (χ1n) is 49.0. The monoisotopic (exact) mass is 1620 g/mol.